The van der Waals surface area contributed by atoms with Crippen molar-refractivity contribution in [3.8, 4) is 0 Å². The first-order valence-electron chi connectivity index (χ1n) is 7.80. The van der Waals surface area contributed by atoms with Gasteiger partial charge in [-0.25, -0.2) is 0 Å². The molecule has 0 amide bonds. The molecule has 0 aromatic heterocycles. The number of aliphatic carboxylic acids is 1. The third-order valence-electron chi connectivity index (χ3n) is 6.09. The molecule has 3 heterocycles. The molecule has 0 radical (unpaired) electrons. The second-order valence-electron chi connectivity index (χ2n) is 7.00. The highest BCUT2D eigenvalue weighted by atomic mass is 16.5. The van der Waals surface area contributed by atoms with Gasteiger partial charge in [-0.15, -0.1) is 0 Å². The molecule has 1 spiro atoms. The molecule has 4 heteroatoms. The van der Waals surface area contributed by atoms with Crippen LogP contribution in [-0.2, 0) is 9.53 Å². The van der Waals surface area contributed by atoms with E-state index in [-0.39, 0.29) is 11.5 Å². The van der Waals surface area contributed by atoms with Crippen LogP contribution in [0.2, 0.25) is 0 Å². The zero-order valence-electron chi connectivity index (χ0n) is 11.4. The van der Waals surface area contributed by atoms with Crippen LogP contribution in [-0.4, -0.2) is 47.3 Å². The molecule has 3 aliphatic heterocycles. The van der Waals surface area contributed by atoms with E-state index in [4.69, 9.17) is 4.74 Å². The van der Waals surface area contributed by atoms with Crippen molar-refractivity contribution in [2.45, 2.75) is 50.2 Å². The molecule has 0 aromatic rings. The van der Waals surface area contributed by atoms with Gasteiger partial charge in [0.05, 0.1) is 18.1 Å². The van der Waals surface area contributed by atoms with Crippen LogP contribution in [0.5, 0.6) is 0 Å². The van der Waals surface area contributed by atoms with Crippen LogP contribution in [0.3, 0.4) is 0 Å². The predicted molar refractivity (Wildman–Crippen MR) is 69.9 cm³/mol. The number of hydrogen-bond acceptors (Lipinski definition) is 3. The molecule has 2 saturated carbocycles. The largest absolute Gasteiger partial charge is 0.481 e. The first-order valence-corrected chi connectivity index (χ1v) is 7.80. The van der Waals surface area contributed by atoms with E-state index < -0.39 is 5.97 Å². The van der Waals surface area contributed by atoms with Crippen molar-refractivity contribution < 1.29 is 14.6 Å². The summed E-state index contributed by atoms with van der Waals surface area (Å²) < 4.78 is 6.07. The molecule has 1 N–H and O–H groups in total. The standard InChI is InChI=1S/C15H23NO3/c17-14(18)10-3-2-6-16(8-10)12-4-1-5-15-7-11(9-19-15)13(12)15/h10-13H,1-9H2,(H,17,18). The Morgan fingerprint density at radius 1 is 1.32 bits per heavy atom. The van der Waals surface area contributed by atoms with Crippen LogP contribution in [0.15, 0.2) is 0 Å². The normalized spacial score (nSPS) is 49.5. The SMILES string of the molecule is O=C(O)C1CCCN(C2CCCC34CC(CO3)C24)C1. The van der Waals surface area contributed by atoms with Crippen LogP contribution in [0.25, 0.3) is 0 Å². The maximum absolute atomic E-state index is 11.2. The molecule has 0 aromatic carbocycles. The lowest BCUT2D eigenvalue weighted by atomic mass is 9.55. The molecule has 2 aliphatic carbocycles. The lowest BCUT2D eigenvalue weighted by Gasteiger charge is -2.56. The molecule has 5 atom stereocenters. The number of nitrogens with zero attached hydrogens (tertiary/aromatic N) is 1. The summed E-state index contributed by atoms with van der Waals surface area (Å²) in [7, 11) is 0. The van der Waals surface area contributed by atoms with Gasteiger partial charge in [0, 0.05) is 18.5 Å². The number of hydrogen-bond donors (Lipinski definition) is 1. The van der Waals surface area contributed by atoms with E-state index in [2.05, 4.69) is 4.90 Å². The molecule has 5 rings (SSSR count). The van der Waals surface area contributed by atoms with Gasteiger partial charge in [0.2, 0.25) is 0 Å². The number of rotatable bonds is 2. The Morgan fingerprint density at radius 3 is 3.00 bits per heavy atom. The third-order valence-corrected chi connectivity index (χ3v) is 6.09. The second-order valence-corrected chi connectivity index (χ2v) is 7.00. The lowest BCUT2D eigenvalue weighted by Crippen LogP contribution is -2.62. The average molecular weight is 265 g/mol. The van der Waals surface area contributed by atoms with Crippen molar-refractivity contribution in [2.75, 3.05) is 19.7 Å². The van der Waals surface area contributed by atoms with Crippen LogP contribution in [0.4, 0.5) is 0 Å². The van der Waals surface area contributed by atoms with Crippen molar-refractivity contribution >= 4 is 5.97 Å². The smallest absolute Gasteiger partial charge is 0.307 e. The van der Waals surface area contributed by atoms with Crippen LogP contribution >= 0.6 is 0 Å². The number of likely N-dealkylation sites (tertiary alicyclic amines) is 1. The van der Waals surface area contributed by atoms with Crippen molar-refractivity contribution in [3.63, 3.8) is 0 Å². The molecule has 5 unspecified atom stereocenters. The molecule has 106 valence electrons. The van der Waals surface area contributed by atoms with Gasteiger partial charge in [-0.1, -0.05) is 0 Å². The molecule has 5 aliphatic rings. The summed E-state index contributed by atoms with van der Waals surface area (Å²) in [6, 6.07) is 0.595. The topological polar surface area (TPSA) is 49.8 Å². The number of carboxylic acid groups (broad SMARTS) is 1. The molecular formula is C15H23NO3. The van der Waals surface area contributed by atoms with Crippen LogP contribution in [0.1, 0.15) is 38.5 Å². The highest BCUT2D eigenvalue weighted by molar-refractivity contribution is 5.70. The third kappa shape index (κ3) is 1.69. The first kappa shape index (κ1) is 12.2. The van der Waals surface area contributed by atoms with Crippen LogP contribution < -0.4 is 0 Å². The Balaban J connectivity index is 1.51. The zero-order valence-corrected chi connectivity index (χ0v) is 11.4. The number of carboxylic acids is 1. The van der Waals surface area contributed by atoms with Crippen molar-refractivity contribution in [2.24, 2.45) is 17.8 Å². The van der Waals surface area contributed by atoms with Crippen LogP contribution in [0, 0.1) is 17.8 Å². The Labute approximate surface area is 114 Å². The summed E-state index contributed by atoms with van der Waals surface area (Å²) >= 11 is 0. The summed E-state index contributed by atoms with van der Waals surface area (Å²) in [6.07, 6.45) is 6.90. The van der Waals surface area contributed by atoms with Gasteiger partial charge in [0.1, 0.15) is 0 Å². The average Bonchev–Trinajstić information content (AvgIpc) is 2.97. The Hall–Kier alpha value is -0.610. The van der Waals surface area contributed by atoms with Gasteiger partial charge in [0.15, 0.2) is 0 Å². The van der Waals surface area contributed by atoms with Gasteiger partial charge in [-0.2, -0.15) is 0 Å². The highest BCUT2D eigenvalue weighted by Gasteiger charge is 2.64. The van der Waals surface area contributed by atoms with E-state index >= 15 is 0 Å². The van der Waals surface area contributed by atoms with E-state index in [0.717, 1.165) is 38.5 Å². The Bertz CT molecular complexity index is 395. The molecule has 4 nitrogen and oxygen atoms in total. The maximum atomic E-state index is 11.2. The maximum Gasteiger partial charge on any atom is 0.307 e. The minimum atomic E-state index is -0.608. The van der Waals surface area contributed by atoms with Crippen molar-refractivity contribution in [1.29, 1.82) is 0 Å². The summed E-state index contributed by atoms with van der Waals surface area (Å²) in [4.78, 5) is 13.7. The highest BCUT2D eigenvalue weighted by Crippen LogP contribution is 2.61. The molecule has 5 fully saturated rings. The Kier molecular flexibility index (Phi) is 2.68. The fourth-order valence-corrected chi connectivity index (χ4v) is 5.28. The number of ether oxygens (including phenoxy) is 1. The summed E-state index contributed by atoms with van der Waals surface area (Å²) in [6.45, 7) is 2.81. The van der Waals surface area contributed by atoms with Gasteiger partial charge in [0.25, 0.3) is 0 Å². The molecule has 19 heavy (non-hydrogen) atoms. The van der Waals surface area contributed by atoms with Gasteiger partial charge in [-0.05, 0) is 51.0 Å². The second kappa shape index (κ2) is 4.19. The molecule has 3 saturated heterocycles. The van der Waals surface area contributed by atoms with Gasteiger partial charge >= 0.3 is 5.97 Å². The fraction of sp³-hybridized carbons (Fsp3) is 0.933. The summed E-state index contributed by atoms with van der Waals surface area (Å²) in [5, 5.41) is 9.25. The van der Waals surface area contributed by atoms with Crippen molar-refractivity contribution in [3.05, 3.63) is 0 Å². The van der Waals surface area contributed by atoms with E-state index in [1.54, 1.807) is 0 Å². The van der Waals surface area contributed by atoms with Crippen molar-refractivity contribution in [1.82, 2.24) is 4.90 Å². The molecular weight excluding hydrogens is 242 g/mol. The first-order chi connectivity index (χ1) is 9.20. The fourth-order valence-electron chi connectivity index (χ4n) is 5.28. The molecule has 2 bridgehead atoms. The van der Waals surface area contributed by atoms with Gasteiger partial charge in [-0.3, -0.25) is 9.69 Å². The van der Waals surface area contributed by atoms with E-state index in [1.807, 2.05) is 0 Å². The quantitative estimate of drug-likeness (QED) is 0.826. The minimum Gasteiger partial charge on any atom is -0.481 e. The monoisotopic (exact) mass is 265 g/mol. The Morgan fingerprint density at radius 2 is 2.21 bits per heavy atom. The number of carbonyl (C=O) groups is 1. The summed E-state index contributed by atoms with van der Waals surface area (Å²) in [5.41, 5.74) is 0.198. The number of piperidine rings is 1. The minimum absolute atomic E-state index is 0.148. The van der Waals surface area contributed by atoms with E-state index in [0.29, 0.717) is 12.0 Å². The van der Waals surface area contributed by atoms with Gasteiger partial charge < -0.3 is 9.84 Å². The zero-order chi connectivity index (χ0) is 13.0. The number of fused-ring (bicyclic) bond motifs is 1. The lowest BCUT2D eigenvalue weighted by molar-refractivity contribution is -0.147. The van der Waals surface area contributed by atoms with E-state index in [1.165, 1.54) is 25.7 Å². The predicted octanol–water partition coefficient (Wildman–Crippen LogP) is 1.74. The summed E-state index contributed by atoms with van der Waals surface area (Å²) in [5.74, 6) is 0.706. The van der Waals surface area contributed by atoms with E-state index in [9.17, 15) is 9.90 Å².